The number of rotatable bonds is 6. The van der Waals surface area contributed by atoms with E-state index >= 15 is 0 Å². The van der Waals surface area contributed by atoms with E-state index in [9.17, 15) is 0 Å². The first kappa shape index (κ1) is 12.5. The van der Waals surface area contributed by atoms with Gasteiger partial charge in [0.1, 0.15) is 0 Å². The van der Waals surface area contributed by atoms with Crippen molar-refractivity contribution in [1.82, 2.24) is 20.3 Å². The third kappa shape index (κ3) is 4.66. The van der Waals surface area contributed by atoms with E-state index in [1.807, 2.05) is 32.1 Å². The normalized spacial score (nSPS) is 13.4. The van der Waals surface area contributed by atoms with Crippen molar-refractivity contribution >= 4 is 11.8 Å². The first-order valence-corrected chi connectivity index (χ1v) is 6.30. The summed E-state index contributed by atoms with van der Waals surface area (Å²) in [5.41, 5.74) is 1.06. The van der Waals surface area contributed by atoms with Gasteiger partial charge in [-0.05, 0) is 12.3 Å². The second-order valence-electron chi connectivity index (χ2n) is 3.96. The largest absolute Gasteiger partial charge is 0.316 e. The van der Waals surface area contributed by atoms with Gasteiger partial charge in [-0.1, -0.05) is 19.1 Å². The maximum Gasteiger partial charge on any atom is 0.0842 e. The molecule has 0 radical (unpaired) electrons. The standard InChI is InChI=1S/C10H20N4S/c1-8(2)15-7-10(11-3)5-9-6-14(4)13-12-9/h6,8,10-11H,5,7H2,1-4H3. The van der Waals surface area contributed by atoms with Crippen LogP contribution in [0.1, 0.15) is 19.5 Å². The first-order valence-electron chi connectivity index (χ1n) is 5.26. The van der Waals surface area contributed by atoms with Gasteiger partial charge in [-0.25, -0.2) is 0 Å². The van der Waals surface area contributed by atoms with Gasteiger partial charge < -0.3 is 5.32 Å². The minimum atomic E-state index is 0.481. The SMILES string of the molecule is CNC(CSC(C)C)Cc1cn(C)nn1. The summed E-state index contributed by atoms with van der Waals surface area (Å²) in [7, 11) is 3.90. The van der Waals surface area contributed by atoms with Crippen LogP contribution in [-0.4, -0.2) is 39.1 Å². The summed E-state index contributed by atoms with van der Waals surface area (Å²) in [6.45, 7) is 4.44. The van der Waals surface area contributed by atoms with Crippen LogP contribution in [0.25, 0.3) is 0 Å². The summed E-state index contributed by atoms with van der Waals surface area (Å²) in [5.74, 6) is 1.12. The van der Waals surface area contributed by atoms with E-state index in [2.05, 4.69) is 29.5 Å². The molecule has 1 N–H and O–H groups in total. The molecule has 15 heavy (non-hydrogen) atoms. The number of nitrogens with one attached hydrogen (secondary N) is 1. The second-order valence-corrected chi connectivity index (χ2v) is 5.56. The topological polar surface area (TPSA) is 42.7 Å². The zero-order chi connectivity index (χ0) is 11.3. The number of likely N-dealkylation sites (N-methyl/N-ethyl adjacent to an activating group) is 1. The third-order valence-corrected chi connectivity index (χ3v) is 3.41. The summed E-state index contributed by atoms with van der Waals surface area (Å²) in [6, 6.07) is 0.481. The lowest BCUT2D eigenvalue weighted by Crippen LogP contribution is -2.30. The number of hydrogen-bond acceptors (Lipinski definition) is 4. The molecule has 0 saturated heterocycles. The van der Waals surface area contributed by atoms with Crippen LogP contribution < -0.4 is 5.32 Å². The van der Waals surface area contributed by atoms with Crippen LogP contribution in [0.4, 0.5) is 0 Å². The molecule has 0 aliphatic heterocycles. The highest BCUT2D eigenvalue weighted by molar-refractivity contribution is 7.99. The van der Waals surface area contributed by atoms with Crippen LogP contribution in [0, 0.1) is 0 Å². The Morgan fingerprint density at radius 2 is 2.27 bits per heavy atom. The fourth-order valence-electron chi connectivity index (χ4n) is 1.29. The Hall–Kier alpha value is -0.550. The maximum atomic E-state index is 4.09. The molecule has 0 aliphatic rings. The molecule has 0 amide bonds. The molecule has 0 aliphatic carbocycles. The molecule has 1 atom stereocenters. The van der Waals surface area contributed by atoms with Crippen LogP contribution in [0.3, 0.4) is 0 Å². The minimum Gasteiger partial charge on any atom is -0.316 e. The molecule has 0 bridgehead atoms. The molecule has 0 aromatic carbocycles. The maximum absolute atomic E-state index is 4.09. The Morgan fingerprint density at radius 1 is 1.53 bits per heavy atom. The lowest BCUT2D eigenvalue weighted by Gasteiger charge is -2.15. The molecule has 86 valence electrons. The summed E-state index contributed by atoms with van der Waals surface area (Å²) >= 11 is 1.97. The molecule has 1 unspecified atom stereocenters. The predicted molar refractivity (Wildman–Crippen MR) is 65.1 cm³/mol. The third-order valence-electron chi connectivity index (χ3n) is 2.14. The summed E-state index contributed by atoms with van der Waals surface area (Å²) < 4.78 is 1.75. The van der Waals surface area contributed by atoms with Gasteiger partial charge in [0.2, 0.25) is 0 Å². The second kappa shape index (κ2) is 6.12. The van der Waals surface area contributed by atoms with Crippen molar-refractivity contribution < 1.29 is 0 Å². The van der Waals surface area contributed by atoms with E-state index in [-0.39, 0.29) is 0 Å². The van der Waals surface area contributed by atoms with Gasteiger partial charge in [0.15, 0.2) is 0 Å². The van der Waals surface area contributed by atoms with Crippen molar-refractivity contribution in [3.63, 3.8) is 0 Å². The Balaban J connectivity index is 2.39. The molecule has 1 aromatic rings. The quantitative estimate of drug-likeness (QED) is 0.791. The highest BCUT2D eigenvalue weighted by Gasteiger charge is 2.10. The smallest absolute Gasteiger partial charge is 0.0842 e. The number of hydrogen-bond donors (Lipinski definition) is 1. The zero-order valence-electron chi connectivity index (χ0n) is 9.90. The van der Waals surface area contributed by atoms with Crippen LogP contribution >= 0.6 is 11.8 Å². The van der Waals surface area contributed by atoms with Gasteiger partial charge in [0.25, 0.3) is 0 Å². The fraction of sp³-hybridized carbons (Fsp3) is 0.800. The van der Waals surface area contributed by atoms with Gasteiger partial charge in [-0.2, -0.15) is 11.8 Å². The van der Waals surface area contributed by atoms with Gasteiger partial charge >= 0.3 is 0 Å². The Kier molecular flexibility index (Phi) is 5.11. The molecular weight excluding hydrogens is 208 g/mol. The first-order chi connectivity index (χ1) is 7.11. The van der Waals surface area contributed by atoms with Crippen LogP contribution in [0.15, 0.2) is 6.20 Å². The van der Waals surface area contributed by atoms with Crippen molar-refractivity contribution in [3.05, 3.63) is 11.9 Å². The molecule has 0 saturated carbocycles. The van der Waals surface area contributed by atoms with Crippen LogP contribution in [-0.2, 0) is 13.5 Å². The molecule has 0 fully saturated rings. The predicted octanol–water partition coefficient (Wildman–Crippen LogP) is 1.09. The van der Waals surface area contributed by atoms with Crippen molar-refractivity contribution in [1.29, 1.82) is 0 Å². The van der Waals surface area contributed by atoms with Crippen molar-refractivity contribution in [3.8, 4) is 0 Å². The number of aryl methyl sites for hydroxylation is 1. The van der Waals surface area contributed by atoms with Crippen molar-refractivity contribution in [2.24, 2.45) is 7.05 Å². The Bertz CT molecular complexity index is 285. The lowest BCUT2D eigenvalue weighted by atomic mass is 10.2. The molecule has 1 heterocycles. The zero-order valence-corrected chi connectivity index (χ0v) is 10.7. The number of aromatic nitrogens is 3. The summed E-state index contributed by atoms with van der Waals surface area (Å²) in [6.07, 6.45) is 2.93. The highest BCUT2D eigenvalue weighted by atomic mass is 32.2. The van der Waals surface area contributed by atoms with Gasteiger partial charge in [0.05, 0.1) is 5.69 Å². The average Bonchev–Trinajstić information content (AvgIpc) is 2.58. The molecule has 4 nitrogen and oxygen atoms in total. The molecule has 0 spiro atoms. The van der Waals surface area contributed by atoms with Crippen LogP contribution in [0.2, 0.25) is 0 Å². The Labute approximate surface area is 95.8 Å². The van der Waals surface area contributed by atoms with E-state index in [4.69, 9.17) is 0 Å². The van der Waals surface area contributed by atoms with Crippen molar-refractivity contribution in [2.75, 3.05) is 12.8 Å². The van der Waals surface area contributed by atoms with Crippen molar-refractivity contribution in [2.45, 2.75) is 31.6 Å². The Morgan fingerprint density at radius 3 is 2.73 bits per heavy atom. The fourth-order valence-corrected chi connectivity index (χ4v) is 2.20. The van der Waals surface area contributed by atoms with E-state index in [0.717, 1.165) is 17.9 Å². The minimum absolute atomic E-state index is 0.481. The molecular formula is C10H20N4S. The van der Waals surface area contributed by atoms with Crippen LogP contribution in [0.5, 0.6) is 0 Å². The number of thioether (sulfide) groups is 1. The lowest BCUT2D eigenvalue weighted by molar-refractivity contribution is 0.607. The van der Waals surface area contributed by atoms with E-state index in [0.29, 0.717) is 11.3 Å². The van der Waals surface area contributed by atoms with E-state index in [1.54, 1.807) is 4.68 Å². The highest BCUT2D eigenvalue weighted by Crippen LogP contribution is 2.12. The van der Waals surface area contributed by atoms with E-state index in [1.165, 1.54) is 0 Å². The number of nitrogens with zero attached hydrogens (tertiary/aromatic N) is 3. The molecule has 1 rings (SSSR count). The van der Waals surface area contributed by atoms with E-state index < -0.39 is 0 Å². The van der Waals surface area contributed by atoms with Gasteiger partial charge in [-0.15, -0.1) is 5.10 Å². The molecule has 5 heteroatoms. The average molecular weight is 228 g/mol. The van der Waals surface area contributed by atoms with Gasteiger partial charge in [0, 0.05) is 31.5 Å². The monoisotopic (exact) mass is 228 g/mol. The molecule has 1 aromatic heterocycles. The van der Waals surface area contributed by atoms with Gasteiger partial charge in [-0.3, -0.25) is 4.68 Å². The summed E-state index contributed by atoms with van der Waals surface area (Å²) in [4.78, 5) is 0. The summed E-state index contributed by atoms with van der Waals surface area (Å²) in [5, 5.41) is 12.0.